The molecule has 2 heterocycles. The molecule has 110 valence electrons. The van der Waals surface area contributed by atoms with Gasteiger partial charge in [-0.1, -0.05) is 19.8 Å². The van der Waals surface area contributed by atoms with E-state index in [4.69, 9.17) is 0 Å². The van der Waals surface area contributed by atoms with Crippen LogP contribution in [0.15, 0.2) is 37.1 Å². The second-order valence-corrected chi connectivity index (χ2v) is 5.82. The predicted octanol–water partition coefficient (Wildman–Crippen LogP) is 2.58. The smallest absolute Gasteiger partial charge is 0.253 e. The summed E-state index contributed by atoms with van der Waals surface area (Å²) in [5, 5.41) is 3.12. The fraction of sp³-hybridized carbons (Fsp3) is 0.438. The number of hydrogen-bond donors (Lipinski definition) is 1. The first-order chi connectivity index (χ1) is 10.2. The van der Waals surface area contributed by atoms with Gasteiger partial charge in [0.25, 0.3) is 5.91 Å². The van der Waals surface area contributed by atoms with E-state index in [0.29, 0.717) is 17.5 Å². The normalized spacial score (nSPS) is 22.0. The third-order valence-electron chi connectivity index (χ3n) is 4.05. The summed E-state index contributed by atoms with van der Waals surface area (Å²) in [7, 11) is 0. The molecule has 2 atom stereocenters. The molecule has 5 heteroatoms. The lowest BCUT2D eigenvalue weighted by Gasteiger charge is -2.27. The van der Waals surface area contributed by atoms with E-state index in [9.17, 15) is 4.79 Å². The van der Waals surface area contributed by atoms with Gasteiger partial charge in [0.1, 0.15) is 12.1 Å². The van der Waals surface area contributed by atoms with Crippen molar-refractivity contribution in [3.05, 3.63) is 42.6 Å². The molecule has 1 aliphatic carbocycles. The minimum absolute atomic E-state index is 0.0289. The number of carbonyl (C=O) groups excluding carboxylic acids is 1. The van der Waals surface area contributed by atoms with E-state index in [1.54, 1.807) is 18.7 Å². The minimum Gasteiger partial charge on any atom is -0.349 e. The molecule has 2 unspecified atom stereocenters. The third-order valence-corrected chi connectivity index (χ3v) is 4.05. The molecule has 2 aromatic heterocycles. The summed E-state index contributed by atoms with van der Waals surface area (Å²) in [5.74, 6) is 1.43. The molecule has 2 aromatic rings. The predicted molar refractivity (Wildman–Crippen MR) is 80.2 cm³/mol. The van der Waals surface area contributed by atoms with E-state index in [2.05, 4.69) is 22.2 Å². The summed E-state index contributed by atoms with van der Waals surface area (Å²) in [4.78, 5) is 20.5. The van der Waals surface area contributed by atoms with Crippen LogP contribution in [0.5, 0.6) is 0 Å². The number of carbonyl (C=O) groups is 1. The molecule has 1 amide bonds. The molecule has 3 rings (SSSR count). The van der Waals surface area contributed by atoms with Crippen molar-refractivity contribution in [2.75, 3.05) is 0 Å². The number of imidazole rings is 1. The van der Waals surface area contributed by atoms with Gasteiger partial charge < -0.3 is 5.32 Å². The zero-order valence-corrected chi connectivity index (χ0v) is 12.2. The maximum atomic E-state index is 12.2. The second-order valence-electron chi connectivity index (χ2n) is 5.82. The molecule has 0 saturated heterocycles. The molecular weight excluding hydrogens is 264 g/mol. The summed E-state index contributed by atoms with van der Waals surface area (Å²) >= 11 is 0. The van der Waals surface area contributed by atoms with Crippen molar-refractivity contribution in [2.24, 2.45) is 5.92 Å². The van der Waals surface area contributed by atoms with Crippen molar-refractivity contribution < 1.29 is 4.79 Å². The lowest BCUT2D eigenvalue weighted by molar-refractivity contribution is 0.0921. The van der Waals surface area contributed by atoms with Crippen LogP contribution >= 0.6 is 0 Å². The molecule has 21 heavy (non-hydrogen) atoms. The standard InChI is InChI=1S/C16H20N4O/c1-12-3-2-4-14(9-12)19-16(21)13-5-6-15(18-10-13)20-8-7-17-11-20/h5-8,10-12,14H,2-4,9H2,1H3,(H,19,21). The van der Waals surface area contributed by atoms with Crippen molar-refractivity contribution in [2.45, 2.75) is 38.6 Å². The van der Waals surface area contributed by atoms with Gasteiger partial charge in [-0.25, -0.2) is 9.97 Å². The largest absolute Gasteiger partial charge is 0.349 e. The minimum atomic E-state index is -0.0289. The van der Waals surface area contributed by atoms with Gasteiger partial charge in [-0.15, -0.1) is 0 Å². The second kappa shape index (κ2) is 6.08. The molecule has 1 aliphatic rings. The summed E-state index contributed by atoms with van der Waals surface area (Å²) in [6.45, 7) is 2.25. The van der Waals surface area contributed by atoms with Crippen molar-refractivity contribution in [3.63, 3.8) is 0 Å². The van der Waals surface area contributed by atoms with Gasteiger partial charge in [0.2, 0.25) is 0 Å². The van der Waals surface area contributed by atoms with E-state index in [1.165, 1.54) is 12.8 Å². The van der Waals surface area contributed by atoms with E-state index >= 15 is 0 Å². The number of pyridine rings is 1. The lowest BCUT2D eigenvalue weighted by Crippen LogP contribution is -2.38. The van der Waals surface area contributed by atoms with E-state index in [1.807, 2.05) is 22.9 Å². The van der Waals surface area contributed by atoms with E-state index in [-0.39, 0.29) is 5.91 Å². The Hall–Kier alpha value is -2.17. The summed E-state index contributed by atoms with van der Waals surface area (Å²) < 4.78 is 1.81. The number of hydrogen-bond acceptors (Lipinski definition) is 3. The Balaban J connectivity index is 1.65. The Kier molecular flexibility index (Phi) is 3.99. The van der Waals surface area contributed by atoms with Crippen molar-refractivity contribution in [1.29, 1.82) is 0 Å². The van der Waals surface area contributed by atoms with Crippen LogP contribution < -0.4 is 5.32 Å². The van der Waals surface area contributed by atoms with Gasteiger partial charge in [-0.3, -0.25) is 9.36 Å². The van der Waals surface area contributed by atoms with Crippen LogP contribution in [0, 0.1) is 5.92 Å². The van der Waals surface area contributed by atoms with Crippen LogP contribution in [0.3, 0.4) is 0 Å². The van der Waals surface area contributed by atoms with Crippen LogP contribution in [0.25, 0.3) is 5.82 Å². The monoisotopic (exact) mass is 284 g/mol. The third kappa shape index (κ3) is 3.29. The number of nitrogens with one attached hydrogen (secondary N) is 1. The van der Waals surface area contributed by atoms with E-state index < -0.39 is 0 Å². The molecule has 0 aliphatic heterocycles. The van der Waals surface area contributed by atoms with Gasteiger partial charge in [-0.2, -0.15) is 0 Å². The lowest BCUT2D eigenvalue weighted by atomic mass is 9.87. The first kappa shape index (κ1) is 13.8. The highest BCUT2D eigenvalue weighted by Gasteiger charge is 2.20. The molecule has 0 radical (unpaired) electrons. The van der Waals surface area contributed by atoms with Gasteiger partial charge in [0.15, 0.2) is 0 Å². The van der Waals surface area contributed by atoms with Crippen LogP contribution in [-0.2, 0) is 0 Å². The van der Waals surface area contributed by atoms with Crippen molar-refractivity contribution in [1.82, 2.24) is 19.9 Å². The number of aromatic nitrogens is 3. The van der Waals surface area contributed by atoms with Gasteiger partial charge >= 0.3 is 0 Å². The Morgan fingerprint density at radius 1 is 1.38 bits per heavy atom. The Bertz CT molecular complexity index is 591. The van der Waals surface area contributed by atoms with Gasteiger partial charge in [0, 0.05) is 24.6 Å². The molecule has 1 saturated carbocycles. The highest BCUT2D eigenvalue weighted by atomic mass is 16.1. The van der Waals surface area contributed by atoms with Crippen molar-refractivity contribution >= 4 is 5.91 Å². The van der Waals surface area contributed by atoms with Gasteiger partial charge in [0.05, 0.1) is 5.56 Å². The fourth-order valence-electron chi connectivity index (χ4n) is 2.90. The number of nitrogens with zero attached hydrogens (tertiary/aromatic N) is 3. The molecule has 1 fully saturated rings. The van der Waals surface area contributed by atoms with Gasteiger partial charge in [-0.05, 0) is 30.9 Å². The highest BCUT2D eigenvalue weighted by molar-refractivity contribution is 5.94. The van der Waals surface area contributed by atoms with Crippen LogP contribution in [-0.4, -0.2) is 26.5 Å². The average molecular weight is 284 g/mol. The Labute approximate surface area is 124 Å². The van der Waals surface area contributed by atoms with E-state index in [0.717, 1.165) is 18.7 Å². The fourth-order valence-corrected chi connectivity index (χ4v) is 2.90. The topological polar surface area (TPSA) is 59.8 Å². The first-order valence-corrected chi connectivity index (χ1v) is 7.47. The molecular formula is C16H20N4O. The Morgan fingerprint density at radius 3 is 2.95 bits per heavy atom. The maximum absolute atomic E-state index is 12.2. The zero-order valence-electron chi connectivity index (χ0n) is 12.2. The van der Waals surface area contributed by atoms with Crippen LogP contribution in [0.4, 0.5) is 0 Å². The molecule has 5 nitrogen and oxygen atoms in total. The van der Waals surface area contributed by atoms with Crippen LogP contribution in [0.1, 0.15) is 43.0 Å². The first-order valence-electron chi connectivity index (χ1n) is 7.47. The molecule has 1 N–H and O–H groups in total. The van der Waals surface area contributed by atoms with Crippen molar-refractivity contribution in [3.8, 4) is 5.82 Å². The molecule has 0 aromatic carbocycles. The summed E-state index contributed by atoms with van der Waals surface area (Å²) in [6, 6.07) is 3.94. The summed E-state index contributed by atoms with van der Waals surface area (Å²) in [5.41, 5.74) is 0.608. The highest BCUT2D eigenvalue weighted by Crippen LogP contribution is 2.23. The molecule has 0 spiro atoms. The quantitative estimate of drug-likeness (QED) is 0.942. The average Bonchev–Trinajstić information content (AvgIpc) is 3.01. The van der Waals surface area contributed by atoms with Crippen LogP contribution in [0.2, 0.25) is 0 Å². The summed E-state index contributed by atoms with van der Waals surface area (Å²) in [6.07, 6.45) is 11.5. The number of rotatable bonds is 3. The molecule has 0 bridgehead atoms. The number of amides is 1. The SMILES string of the molecule is CC1CCCC(NC(=O)c2ccc(-n3ccnc3)nc2)C1. The Morgan fingerprint density at radius 2 is 2.29 bits per heavy atom. The maximum Gasteiger partial charge on any atom is 0.253 e. The zero-order chi connectivity index (χ0) is 14.7.